The van der Waals surface area contributed by atoms with Gasteiger partial charge in [-0.2, -0.15) is 0 Å². The fraction of sp³-hybridized carbons (Fsp3) is 0.625. The Balaban J connectivity index is 1.56. The predicted molar refractivity (Wildman–Crippen MR) is 76.9 cm³/mol. The number of nitrogens with zero attached hydrogens (tertiary/aromatic N) is 1. The fourth-order valence-electron chi connectivity index (χ4n) is 3.50. The van der Waals surface area contributed by atoms with Crippen molar-refractivity contribution < 1.29 is 0 Å². The van der Waals surface area contributed by atoms with Crippen LogP contribution in [0, 0.1) is 0 Å². The quantitative estimate of drug-likeness (QED) is 0.875. The molecule has 1 saturated carbocycles. The minimum atomic E-state index is 0.641. The standard InChI is InChI=1S/C16H24N2/c1-2-7-14(8-3-1)17-15-9-6-12-18(13-15)16-10-4-5-11-16/h1-3,7-8,15-17H,4-6,9-13H2/t15-/m0/s1. The number of rotatable bonds is 3. The SMILES string of the molecule is c1ccc(N[C@H]2CCCN(C3CCCC3)C2)cc1. The number of hydrogen-bond donors (Lipinski definition) is 1. The van der Waals surface area contributed by atoms with Gasteiger partial charge in [-0.05, 0) is 44.4 Å². The van der Waals surface area contributed by atoms with Crippen molar-refractivity contribution in [2.45, 2.75) is 50.6 Å². The molecule has 98 valence electrons. The molecule has 2 aliphatic rings. The van der Waals surface area contributed by atoms with Crippen LogP contribution in [-0.4, -0.2) is 30.1 Å². The van der Waals surface area contributed by atoms with Gasteiger partial charge in [0.25, 0.3) is 0 Å². The molecule has 1 aromatic carbocycles. The number of para-hydroxylation sites is 1. The van der Waals surface area contributed by atoms with Gasteiger partial charge in [-0.1, -0.05) is 31.0 Å². The van der Waals surface area contributed by atoms with E-state index in [1.165, 1.54) is 57.3 Å². The van der Waals surface area contributed by atoms with E-state index in [0.717, 1.165) is 6.04 Å². The average Bonchev–Trinajstić information content (AvgIpc) is 2.94. The lowest BCUT2D eigenvalue weighted by atomic mass is 10.0. The molecule has 1 atom stereocenters. The molecule has 1 saturated heterocycles. The maximum absolute atomic E-state index is 3.69. The van der Waals surface area contributed by atoms with Gasteiger partial charge in [0.15, 0.2) is 0 Å². The van der Waals surface area contributed by atoms with Crippen molar-refractivity contribution >= 4 is 5.69 Å². The molecule has 3 rings (SSSR count). The van der Waals surface area contributed by atoms with Gasteiger partial charge in [0.1, 0.15) is 0 Å². The molecule has 1 N–H and O–H groups in total. The lowest BCUT2D eigenvalue weighted by Gasteiger charge is -2.37. The molecule has 0 radical (unpaired) electrons. The molecule has 2 nitrogen and oxygen atoms in total. The Hall–Kier alpha value is -1.02. The summed E-state index contributed by atoms with van der Waals surface area (Å²) < 4.78 is 0. The van der Waals surface area contributed by atoms with Crippen LogP contribution >= 0.6 is 0 Å². The number of piperidine rings is 1. The van der Waals surface area contributed by atoms with Crippen LogP contribution in [0.2, 0.25) is 0 Å². The molecule has 0 spiro atoms. The third-order valence-electron chi connectivity index (χ3n) is 4.44. The molecule has 1 aliphatic carbocycles. The zero-order chi connectivity index (χ0) is 12.2. The smallest absolute Gasteiger partial charge is 0.0389 e. The summed E-state index contributed by atoms with van der Waals surface area (Å²) >= 11 is 0. The summed E-state index contributed by atoms with van der Waals surface area (Å²) in [5, 5.41) is 3.69. The third-order valence-corrected chi connectivity index (χ3v) is 4.44. The Morgan fingerprint density at radius 3 is 2.50 bits per heavy atom. The number of hydrogen-bond acceptors (Lipinski definition) is 2. The normalized spacial score (nSPS) is 26.3. The number of anilines is 1. The Kier molecular flexibility index (Phi) is 3.84. The summed E-state index contributed by atoms with van der Waals surface area (Å²) in [5.41, 5.74) is 1.27. The van der Waals surface area contributed by atoms with Crippen molar-refractivity contribution in [3.8, 4) is 0 Å². The van der Waals surface area contributed by atoms with E-state index in [0.29, 0.717) is 6.04 Å². The van der Waals surface area contributed by atoms with E-state index in [9.17, 15) is 0 Å². The van der Waals surface area contributed by atoms with Crippen molar-refractivity contribution in [3.05, 3.63) is 30.3 Å². The number of likely N-dealkylation sites (tertiary alicyclic amines) is 1. The van der Waals surface area contributed by atoms with Crippen molar-refractivity contribution in [3.63, 3.8) is 0 Å². The van der Waals surface area contributed by atoms with Crippen LogP contribution in [-0.2, 0) is 0 Å². The molecule has 18 heavy (non-hydrogen) atoms. The Morgan fingerprint density at radius 1 is 0.944 bits per heavy atom. The third kappa shape index (κ3) is 2.86. The first-order valence-corrected chi connectivity index (χ1v) is 7.47. The maximum Gasteiger partial charge on any atom is 0.0389 e. The summed E-state index contributed by atoms with van der Waals surface area (Å²) in [5.74, 6) is 0. The van der Waals surface area contributed by atoms with E-state index in [1.807, 2.05) is 0 Å². The van der Waals surface area contributed by atoms with E-state index in [-0.39, 0.29) is 0 Å². The molecule has 2 fully saturated rings. The molecule has 2 heteroatoms. The Labute approximate surface area is 110 Å². The van der Waals surface area contributed by atoms with Gasteiger partial charge in [0.2, 0.25) is 0 Å². The fourth-order valence-corrected chi connectivity index (χ4v) is 3.50. The van der Waals surface area contributed by atoms with Crippen LogP contribution in [0.25, 0.3) is 0 Å². The molecule has 1 aromatic rings. The molecular weight excluding hydrogens is 220 g/mol. The van der Waals surface area contributed by atoms with E-state index in [2.05, 4.69) is 40.5 Å². The second-order valence-electron chi connectivity index (χ2n) is 5.78. The topological polar surface area (TPSA) is 15.3 Å². The predicted octanol–water partition coefficient (Wildman–Crippen LogP) is 3.51. The first-order valence-electron chi connectivity index (χ1n) is 7.47. The first kappa shape index (κ1) is 12.0. The van der Waals surface area contributed by atoms with E-state index >= 15 is 0 Å². The monoisotopic (exact) mass is 244 g/mol. The molecule has 0 bridgehead atoms. The summed E-state index contributed by atoms with van der Waals surface area (Å²) in [7, 11) is 0. The van der Waals surface area contributed by atoms with Gasteiger partial charge < -0.3 is 5.32 Å². The van der Waals surface area contributed by atoms with Gasteiger partial charge in [0.05, 0.1) is 0 Å². The summed E-state index contributed by atoms with van der Waals surface area (Å²) in [6, 6.07) is 12.2. The van der Waals surface area contributed by atoms with Crippen LogP contribution in [0.15, 0.2) is 30.3 Å². The zero-order valence-electron chi connectivity index (χ0n) is 11.1. The highest BCUT2D eigenvalue weighted by Crippen LogP contribution is 2.26. The molecule has 1 aliphatic heterocycles. The lowest BCUT2D eigenvalue weighted by Crippen LogP contribution is -2.46. The van der Waals surface area contributed by atoms with Gasteiger partial charge in [-0.3, -0.25) is 4.90 Å². The van der Waals surface area contributed by atoms with Crippen LogP contribution in [0.5, 0.6) is 0 Å². The molecule has 0 unspecified atom stereocenters. The second kappa shape index (κ2) is 5.75. The van der Waals surface area contributed by atoms with Crippen molar-refractivity contribution in [1.82, 2.24) is 4.90 Å². The van der Waals surface area contributed by atoms with Gasteiger partial charge in [0, 0.05) is 24.3 Å². The minimum absolute atomic E-state index is 0.641. The van der Waals surface area contributed by atoms with Crippen LogP contribution in [0.3, 0.4) is 0 Å². The van der Waals surface area contributed by atoms with Crippen LogP contribution in [0.1, 0.15) is 38.5 Å². The molecule has 0 amide bonds. The number of benzene rings is 1. The lowest BCUT2D eigenvalue weighted by molar-refractivity contribution is 0.156. The van der Waals surface area contributed by atoms with Gasteiger partial charge in [-0.25, -0.2) is 0 Å². The highest BCUT2D eigenvalue weighted by molar-refractivity contribution is 5.43. The van der Waals surface area contributed by atoms with E-state index < -0.39 is 0 Å². The largest absolute Gasteiger partial charge is 0.381 e. The summed E-state index contributed by atoms with van der Waals surface area (Å²) in [6.45, 7) is 2.55. The van der Waals surface area contributed by atoms with Crippen LogP contribution in [0.4, 0.5) is 5.69 Å². The molecule has 0 aromatic heterocycles. The molecular formula is C16H24N2. The first-order chi connectivity index (χ1) is 8.92. The zero-order valence-corrected chi connectivity index (χ0v) is 11.1. The van der Waals surface area contributed by atoms with Crippen LogP contribution < -0.4 is 5.32 Å². The average molecular weight is 244 g/mol. The Morgan fingerprint density at radius 2 is 1.72 bits per heavy atom. The van der Waals surface area contributed by atoms with E-state index in [4.69, 9.17) is 0 Å². The highest BCUT2D eigenvalue weighted by atomic mass is 15.2. The van der Waals surface area contributed by atoms with Crippen molar-refractivity contribution in [2.75, 3.05) is 18.4 Å². The second-order valence-corrected chi connectivity index (χ2v) is 5.78. The van der Waals surface area contributed by atoms with Crippen molar-refractivity contribution in [2.24, 2.45) is 0 Å². The van der Waals surface area contributed by atoms with E-state index in [1.54, 1.807) is 0 Å². The highest BCUT2D eigenvalue weighted by Gasteiger charge is 2.27. The summed E-state index contributed by atoms with van der Waals surface area (Å²) in [4.78, 5) is 2.73. The number of nitrogens with one attached hydrogen (secondary N) is 1. The minimum Gasteiger partial charge on any atom is -0.381 e. The molecule has 1 heterocycles. The maximum atomic E-state index is 3.69. The summed E-state index contributed by atoms with van der Waals surface area (Å²) in [6.07, 6.45) is 8.41. The van der Waals surface area contributed by atoms with Gasteiger partial charge >= 0.3 is 0 Å². The van der Waals surface area contributed by atoms with Gasteiger partial charge in [-0.15, -0.1) is 0 Å². The Bertz CT molecular complexity index is 357. The van der Waals surface area contributed by atoms with Crippen molar-refractivity contribution in [1.29, 1.82) is 0 Å².